The maximum Gasteiger partial charge on any atom is 0.326 e. The molecule has 0 aliphatic carbocycles. The number of carbonyl (C=O) groups excluding carboxylic acids is 3. The zero-order valence-electron chi connectivity index (χ0n) is 17.6. The number of nitrogens with two attached hydrogens (primary N) is 1. The van der Waals surface area contributed by atoms with Crippen LogP contribution in [0.25, 0.3) is 0 Å². The number of aliphatic carboxylic acids is 1. The largest absolute Gasteiger partial charge is 0.480 e. The second-order valence-corrected chi connectivity index (χ2v) is 7.89. The summed E-state index contributed by atoms with van der Waals surface area (Å²) in [6.45, 7) is 3.10. The molecule has 1 aromatic heterocycles. The molecule has 1 fully saturated rings. The first-order valence-electron chi connectivity index (χ1n) is 10.1. The van der Waals surface area contributed by atoms with Crippen LogP contribution in [0.15, 0.2) is 12.5 Å². The van der Waals surface area contributed by atoms with Gasteiger partial charge in [-0.3, -0.25) is 14.4 Å². The summed E-state index contributed by atoms with van der Waals surface area (Å²) in [7, 11) is 0. The number of H-pyrrole nitrogens is 1. The Bertz CT molecular complexity index is 783. The minimum atomic E-state index is -1.18. The smallest absolute Gasteiger partial charge is 0.326 e. The first-order chi connectivity index (χ1) is 14.6. The molecule has 172 valence electrons. The Morgan fingerprint density at radius 1 is 1.32 bits per heavy atom. The van der Waals surface area contributed by atoms with Crippen LogP contribution in [0.1, 0.15) is 32.4 Å². The molecule has 0 aromatic carbocycles. The van der Waals surface area contributed by atoms with E-state index in [1.54, 1.807) is 13.8 Å². The number of carboxylic acids is 1. The molecule has 7 N–H and O–H groups in total. The lowest BCUT2D eigenvalue weighted by atomic mass is 10.0. The molecule has 2 heterocycles. The monoisotopic (exact) mass is 438 g/mol. The van der Waals surface area contributed by atoms with Crippen LogP contribution in [0, 0.1) is 5.92 Å². The molecule has 1 aromatic rings. The predicted octanol–water partition coefficient (Wildman–Crippen LogP) is -2.03. The van der Waals surface area contributed by atoms with Crippen molar-refractivity contribution in [2.24, 2.45) is 11.7 Å². The van der Waals surface area contributed by atoms with Crippen molar-refractivity contribution in [1.29, 1.82) is 0 Å². The lowest BCUT2D eigenvalue weighted by Crippen LogP contribution is -2.58. The summed E-state index contributed by atoms with van der Waals surface area (Å²) in [4.78, 5) is 57.7. The maximum absolute atomic E-state index is 12.9. The average Bonchev–Trinajstić information content (AvgIpc) is 3.41. The van der Waals surface area contributed by atoms with Crippen LogP contribution in [0.4, 0.5) is 0 Å². The second-order valence-electron chi connectivity index (χ2n) is 7.89. The molecule has 0 saturated carbocycles. The van der Waals surface area contributed by atoms with Crippen molar-refractivity contribution < 1.29 is 29.4 Å². The van der Waals surface area contributed by atoms with Crippen LogP contribution in [0.2, 0.25) is 0 Å². The van der Waals surface area contributed by atoms with Gasteiger partial charge in [0.15, 0.2) is 0 Å². The number of imidazole rings is 1. The van der Waals surface area contributed by atoms with E-state index in [2.05, 4.69) is 20.6 Å². The fraction of sp³-hybridized carbons (Fsp3) is 0.632. The number of likely N-dealkylation sites (tertiary alicyclic amines) is 1. The fourth-order valence-electron chi connectivity index (χ4n) is 3.45. The van der Waals surface area contributed by atoms with Crippen LogP contribution >= 0.6 is 0 Å². The first-order valence-corrected chi connectivity index (χ1v) is 10.1. The summed E-state index contributed by atoms with van der Waals surface area (Å²) < 4.78 is 0. The van der Waals surface area contributed by atoms with E-state index in [1.165, 1.54) is 17.4 Å². The highest BCUT2D eigenvalue weighted by Gasteiger charge is 2.38. The molecule has 2 rings (SSSR count). The summed E-state index contributed by atoms with van der Waals surface area (Å²) in [6, 6.07) is -4.17. The van der Waals surface area contributed by atoms with Crippen molar-refractivity contribution in [3.8, 4) is 0 Å². The van der Waals surface area contributed by atoms with E-state index < -0.39 is 54.5 Å². The van der Waals surface area contributed by atoms with Gasteiger partial charge in [0.2, 0.25) is 17.7 Å². The van der Waals surface area contributed by atoms with E-state index >= 15 is 0 Å². The van der Waals surface area contributed by atoms with E-state index in [1.807, 2.05) is 0 Å². The molecule has 3 amide bonds. The fourth-order valence-corrected chi connectivity index (χ4v) is 3.45. The van der Waals surface area contributed by atoms with E-state index in [0.717, 1.165) is 0 Å². The van der Waals surface area contributed by atoms with Gasteiger partial charge in [-0.2, -0.15) is 0 Å². The van der Waals surface area contributed by atoms with Crippen molar-refractivity contribution >= 4 is 23.7 Å². The van der Waals surface area contributed by atoms with Gasteiger partial charge < -0.3 is 36.5 Å². The summed E-state index contributed by atoms with van der Waals surface area (Å²) in [6.07, 6.45) is 3.94. The molecule has 31 heavy (non-hydrogen) atoms. The average molecular weight is 438 g/mol. The molecule has 0 bridgehead atoms. The van der Waals surface area contributed by atoms with Gasteiger partial charge in [-0.1, -0.05) is 13.8 Å². The topological polar surface area (TPSA) is 191 Å². The van der Waals surface area contributed by atoms with Gasteiger partial charge >= 0.3 is 5.97 Å². The van der Waals surface area contributed by atoms with Crippen molar-refractivity contribution in [3.63, 3.8) is 0 Å². The summed E-state index contributed by atoms with van der Waals surface area (Å²) in [5.74, 6) is -3.30. The van der Waals surface area contributed by atoms with Gasteiger partial charge in [0, 0.05) is 24.9 Å². The number of hydrogen-bond acceptors (Lipinski definition) is 7. The summed E-state index contributed by atoms with van der Waals surface area (Å²) in [5, 5.41) is 23.6. The Hall–Kier alpha value is -2.99. The second kappa shape index (κ2) is 10.9. The van der Waals surface area contributed by atoms with Crippen molar-refractivity contribution in [2.45, 2.75) is 57.3 Å². The Morgan fingerprint density at radius 2 is 2.03 bits per heavy atom. The van der Waals surface area contributed by atoms with Crippen LogP contribution < -0.4 is 16.4 Å². The van der Waals surface area contributed by atoms with Crippen LogP contribution in [-0.2, 0) is 25.6 Å². The molecule has 0 spiro atoms. The lowest BCUT2D eigenvalue weighted by molar-refractivity contribution is -0.144. The predicted molar refractivity (Wildman–Crippen MR) is 108 cm³/mol. The molecule has 1 aliphatic rings. The SMILES string of the molecule is CC(C)C(NC(=O)C(Cc1cnc[nH]1)NC(=O)C1CCCN1C(=O)C(N)CO)C(=O)O. The van der Waals surface area contributed by atoms with Crippen molar-refractivity contribution in [3.05, 3.63) is 18.2 Å². The Kier molecular flexibility index (Phi) is 8.51. The highest BCUT2D eigenvalue weighted by molar-refractivity contribution is 5.94. The normalized spacial score (nSPS) is 19.0. The third-order valence-electron chi connectivity index (χ3n) is 5.19. The number of hydrogen-bond donors (Lipinski definition) is 6. The molecule has 1 saturated heterocycles. The van der Waals surface area contributed by atoms with E-state index in [9.17, 15) is 24.3 Å². The Labute approximate surface area is 179 Å². The number of carboxylic acid groups (broad SMARTS) is 1. The van der Waals surface area contributed by atoms with Crippen molar-refractivity contribution in [1.82, 2.24) is 25.5 Å². The van der Waals surface area contributed by atoms with Gasteiger partial charge in [-0.05, 0) is 18.8 Å². The highest BCUT2D eigenvalue weighted by atomic mass is 16.4. The number of carbonyl (C=O) groups is 4. The molecular weight excluding hydrogens is 408 g/mol. The molecule has 12 heteroatoms. The number of aromatic amines is 1. The quantitative estimate of drug-likeness (QED) is 0.241. The van der Waals surface area contributed by atoms with Crippen LogP contribution in [-0.4, -0.2) is 86.1 Å². The zero-order valence-corrected chi connectivity index (χ0v) is 17.6. The molecule has 12 nitrogen and oxygen atoms in total. The first kappa shape index (κ1) is 24.3. The van der Waals surface area contributed by atoms with Crippen LogP contribution in [0.3, 0.4) is 0 Å². The molecule has 0 radical (unpaired) electrons. The maximum atomic E-state index is 12.9. The minimum absolute atomic E-state index is 0.0544. The number of aromatic nitrogens is 2. The highest BCUT2D eigenvalue weighted by Crippen LogP contribution is 2.19. The Balaban J connectivity index is 2.16. The van der Waals surface area contributed by atoms with E-state index in [0.29, 0.717) is 25.1 Å². The standard InChI is InChI=1S/C19H30N6O6/c1-10(2)15(19(30)31)24-16(27)13(6-11-7-21-9-22-11)23-17(28)14-4-3-5-25(14)18(29)12(20)8-26/h7,9-10,12-15,26H,3-6,8,20H2,1-2H3,(H,21,22)(H,23,28)(H,24,27)(H,30,31). The Morgan fingerprint density at radius 3 is 2.58 bits per heavy atom. The summed E-state index contributed by atoms with van der Waals surface area (Å²) in [5.41, 5.74) is 6.17. The number of aliphatic hydroxyl groups is 1. The third-order valence-corrected chi connectivity index (χ3v) is 5.19. The molecule has 1 aliphatic heterocycles. The van der Waals surface area contributed by atoms with E-state index in [4.69, 9.17) is 10.8 Å². The van der Waals surface area contributed by atoms with Gasteiger partial charge in [0.25, 0.3) is 0 Å². The van der Waals surface area contributed by atoms with Gasteiger partial charge in [-0.15, -0.1) is 0 Å². The van der Waals surface area contributed by atoms with Gasteiger partial charge in [-0.25, -0.2) is 9.78 Å². The van der Waals surface area contributed by atoms with Gasteiger partial charge in [0.05, 0.1) is 12.9 Å². The molecular formula is C19H30N6O6. The van der Waals surface area contributed by atoms with E-state index in [-0.39, 0.29) is 12.3 Å². The number of rotatable bonds is 10. The van der Waals surface area contributed by atoms with Crippen LogP contribution in [0.5, 0.6) is 0 Å². The number of amides is 3. The summed E-state index contributed by atoms with van der Waals surface area (Å²) >= 11 is 0. The number of nitrogens with zero attached hydrogens (tertiary/aromatic N) is 2. The zero-order chi connectivity index (χ0) is 23.1. The third kappa shape index (κ3) is 6.25. The number of aliphatic hydroxyl groups excluding tert-OH is 1. The van der Waals surface area contributed by atoms with Crippen molar-refractivity contribution in [2.75, 3.05) is 13.2 Å². The lowest BCUT2D eigenvalue weighted by Gasteiger charge is -2.28. The minimum Gasteiger partial charge on any atom is -0.480 e. The molecule has 4 unspecified atom stereocenters. The molecule has 4 atom stereocenters. The number of nitrogens with one attached hydrogen (secondary N) is 3. The van der Waals surface area contributed by atoms with Gasteiger partial charge in [0.1, 0.15) is 24.2 Å².